The zero-order valence-corrected chi connectivity index (χ0v) is 15.3. The van der Waals surface area contributed by atoms with Crippen LogP contribution in [0.3, 0.4) is 0 Å². The van der Waals surface area contributed by atoms with Gasteiger partial charge in [-0.15, -0.1) is 0 Å². The lowest BCUT2D eigenvalue weighted by molar-refractivity contribution is 0.0383. The highest BCUT2D eigenvalue weighted by molar-refractivity contribution is 5.93. The van der Waals surface area contributed by atoms with E-state index in [0.29, 0.717) is 18.1 Å². The summed E-state index contributed by atoms with van der Waals surface area (Å²) >= 11 is 0. The minimum Gasteiger partial charge on any atom is -0.379 e. The Morgan fingerprint density at radius 1 is 1.19 bits per heavy atom. The predicted molar refractivity (Wildman–Crippen MR) is 101 cm³/mol. The van der Waals surface area contributed by atoms with Crippen LogP contribution in [0, 0.1) is 13.8 Å². The number of amides is 1. The molecule has 0 unspecified atom stereocenters. The molecule has 1 aromatic carbocycles. The molecule has 0 spiro atoms. The first-order valence-electron chi connectivity index (χ1n) is 8.87. The molecule has 0 atom stereocenters. The highest BCUT2D eigenvalue weighted by Gasteiger charge is 2.12. The molecule has 1 aliphatic heterocycles. The van der Waals surface area contributed by atoms with Gasteiger partial charge >= 0.3 is 0 Å². The van der Waals surface area contributed by atoms with E-state index in [0.717, 1.165) is 49.7 Å². The third-order valence-corrected chi connectivity index (χ3v) is 4.45. The van der Waals surface area contributed by atoms with Crippen LogP contribution in [0.5, 0.6) is 0 Å². The molecule has 0 bridgehead atoms. The Morgan fingerprint density at radius 3 is 2.65 bits per heavy atom. The van der Waals surface area contributed by atoms with Crippen molar-refractivity contribution in [2.45, 2.75) is 13.8 Å². The van der Waals surface area contributed by atoms with Crippen LogP contribution in [0.1, 0.15) is 21.6 Å². The van der Waals surface area contributed by atoms with Gasteiger partial charge in [-0.05, 0) is 25.0 Å². The molecule has 26 heavy (non-hydrogen) atoms. The topological polar surface area (TPSA) is 79.4 Å². The summed E-state index contributed by atoms with van der Waals surface area (Å²) in [5.74, 6) is 0.418. The second-order valence-corrected chi connectivity index (χ2v) is 6.39. The van der Waals surface area contributed by atoms with Crippen LogP contribution in [0.25, 0.3) is 0 Å². The van der Waals surface area contributed by atoms with Gasteiger partial charge in [0.2, 0.25) is 0 Å². The number of carbonyl (C=O) groups excluding carboxylic acids is 1. The summed E-state index contributed by atoms with van der Waals surface area (Å²) in [4.78, 5) is 23.0. The number of rotatable bonds is 6. The van der Waals surface area contributed by atoms with Gasteiger partial charge in [-0.1, -0.05) is 18.2 Å². The Kier molecular flexibility index (Phi) is 6.14. The van der Waals surface area contributed by atoms with Crippen molar-refractivity contribution in [1.29, 1.82) is 0 Å². The molecule has 2 heterocycles. The number of benzene rings is 1. The van der Waals surface area contributed by atoms with Crippen LogP contribution in [0.4, 0.5) is 11.5 Å². The van der Waals surface area contributed by atoms with E-state index in [2.05, 4.69) is 25.5 Å². The largest absolute Gasteiger partial charge is 0.379 e. The Morgan fingerprint density at radius 2 is 1.92 bits per heavy atom. The number of carbonyl (C=O) groups is 1. The van der Waals surface area contributed by atoms with Gasteiger partial charge < -0.3 is 15.4 Å². The smallest absolute Gasteiger partial charge is 0.270 e. The first-order chi connectivity index (χ1) is 12.6. The molecule has 1 saturated heterocycles. The number of anilines is 2. The molecular weight excluding hydrogens is 330 g/mol. The van der Waals surface area contributed by atoms with Crippen molar-refractivity contribution >= 4 is 17.4 Å². The molecule has 1 aromatic heterocycles. The maximum absolute atomic E-state index is 12.4. The normalized spacial score (nSPS) is 14.8. The molecule has 0 aliphatic carbocycles. The third kappa shape index (κ3) is 4.77. The van der Waals surface area contributed by atoms with Gasteiger partial charge in [0, 0.05) is 37.9 Å². The highest BCUT2D eigenvalue weighted by atomic mass is 16.5. The average molecular weight is 355 g/mol. The van der Waals surface area contributed by atoms with Crippen molar-refractivity contribution in [3.8, 4) is 0 Å². The third-order valence-electron chi connectivity index (χ3n) is 4.45. The van der Waals surface area contributed by atoms with E-state index in [4.69, 9.17) is 4.74 Å². The van der Waals surface area contributed by atoms with E-state index in [1.165, 1.54) is 6.33 Å². The van der Waals surface area contributed by atoms with E-state index in [1.54, 1.807) is 6.07 Å². The highest BCUT2D eigenvalue weighted by Crippen LogP contribution is 2.23. The average Bonchev–Trinajstić information content (AvgIpc) is 2.66. The maximum atomic E-state index is 12.4. The number of hydrogen-bond donors (Lipinski definition) is 2. The fourth-order valence-electron chi connectivity index (χ4n) is 2.93. The number of nitrogens with zero attached hydrogens (tertiary/aromatic N) is 3. The van der Waals surface area contributed by atoms with Gasteiger partial charge in [-0.2, -0.15) is 0 Å². The molecule has 3 rings (SSSR count). The van der Waals surface area contributed by atoms with E-state index in [1.807, 2.05) is 32.0 Å². The van der Waals surface area contributed by atoms with Crippen molar-refractivity contribution in [2.75, 3.05) is 44.7 Å². The van der Waals surface area contributed by atoms with Crippen molar-refractivity contribution in [2.24, 2.45) is 0 Å². The maximum Gasteiger partial charge on any atom is 0.270 e. The SMILES string of the molecule is Cc1cccc(C)c1Nc1cc(C(=O)NCCN2CCOCC2)ncn1. The summed E-state index contributed by atoms with van der Waals surface area (Å²) in [7, 11) is 0. The Bertz CT molecular complexity index is 739. The van der Waals surface area contributed by atoms with Crippen LogP contribution in [0.2, 0.25) is 0 Å². The molecule has 138 valence electrons. The molecule has 2 aromatic rings. The first-order valence-corrected chi connectivity index (χ1v) is 8.87. The van der Waals surface area contributed by atoms with Crippen LogP contribution >= 0.6 is 0 Å². The molecule has 7 nitrogen and oxygen atoms in total. The van der Waals surface area contributed by atoms with Crippen molar-refractivity contribution in [3.63, 3.8) is 0 Å². The van der Waals surface area contributed by atoms with Crippen LogP contribution in [-0.4, -0.2) is 60.2 Å². The standard InChI is InChI=1S/C19H25N5O2/c1-14-4-3-5-15(2)18(14)23-17-12-16(21-13-22-17)19(25)20-6-7-24-8-10-26-11-9-24/h3-5,12-13H,6-11H2,1-2H3,(H,20,25)(H,21,22,23). The number of morpholine rings is 1. The quantitative estimate of drug-likeness (QED) is 0.824. The lowest BCUT2D eigenvalue weighted by atomic mass is 10.1. The Labute approximate surface area is 153 Å². The molecule has 1 fully saturated rings. The van der Waals surface area contributed by atoms with Crippen molar-refractivity contribution in [1.82, 2.24) is 20.2 Å². The summed E-state index contributed by atoms with van der Waals surface area (Å²) in [5.41, 5.74) is 3.61. The number of aromatic nitrogens is 2. The van der Waals surface area contributed by atoms with Crippen molar-refractivity contribution < 1.29 is 9.53 Å². The second kappa shape index (κ2) is 8.73. The summed E-state index contributed by atoms with van der Waals surface area (Å²) < 4.78 is 5.32. The molecular formula is C19H25N5O2. The Hall–Kier alpha value is -2.51. The predicted octanol–water partition coefficient (Wildman–Crippen LogP) is 1.90. The lowest BCUT2D eigenvalue weighted by Crippen LogP contribution is -2.41. The van der Waals surface area contributed by atoms with Gasteiger partial charge in [0.1, 0.15) is 17.8 Å². The van der Waals surface area contributed by atoms with Crippen LogP contribution in [-0.2, 0) is 4.74 Å². The summed E-state index contributed by atoms with van der Waals surface area (Å²) in [5, 5.41) is 6.21. The fourth-order valence-corrected chi connectivity index (χ4v) is 2.93. The molecule has 2 N–H and O–H groups in total. The molecule has 1 amide bonds. The van der Waals surface area contributed by atoms with Gasteiger partial charge in [0.05, 0.1) is 13.2 Å². The first kappa shape index (κ1) is 18.3. The monoisotopic (exact) mass is 355 g/mol. The number of aryl methyl sites for hydroxylation is 2. The molecule has 1 aliphatic rings. The number of para-hydroxylation sites is 1. The number of nitrogens with one attached hydrogen (secondary N) is 2. The Balaban J connectivity index is 1.58. The second-order valence-electron chi connectivity index (χ2n) is 6.39. The van der Waals surface area contributed by atoms with Gasteiger partial charge in [-0.3, -0.25) is 9.69 Å². The number of hydrogen-bond acceptors (Lipinski definition) is 6. The summed E-state index contributed by atoms with van der Waals surface area (Å²) in [6, 6.07) is 7.77. The lowest BCUT2D eigenvalue weighted by Gasteiger charge is -2.26. The van der Waals surface area contributed by atoms with Crippen LogP contribution < -0.4 is 10.6 Å². The molecule has 0 radical (unpaired) electrons. The molecule has 7 heteroatoms. The minimum absolute atomic E-state index is 0.190. The van der Waals surface area contributed by atoms with Gasteiger partial charge in [0.25, 0.3) is 5.91 Å². The van der Waals surface area contributed by atoms with Gasteiger partial charge in [0.15, 0.2) is 0 Å². The van der Waals surface area contributed by atoms with E-state index in [9.17, 15) is 4.79 Å². The van der Waals surface area contributed by atoms with E-state index < -0.39 is 0 Å². The summed E-state index contributed by atoms with van der Waals surface area (Å²) in [6.07, 6.45) is 1.41. The fraction of sp³-hybridized carbons (Fsp3) is 0.421. The van der Waals surface area contributed by atoms with Gasteiger partial charge in [-0.25, -0.2) is 9.97 Å². The zero-order valence-electron chi connectivity index (χ0n) is 15.3. The summed E-state index contributed by atoms with van der Waals surface area (Å²) in [6.45, 7) is 8.81. The number of ether oxygens (including phenoxy) is 1. The molecule has 0 saturated carbocycles. The zero-order chi connectivity index (χ0) is 18.4. The van der Waals surface area contributed by atoms with E-state index in [-0.39, 0.29) is 5.91 Å². The van der Waals surface area contributed by atoms with Crippen molar-refractivity contribution in [3.05, 3.63) is 47.4 Å². The minimum atomic E-state index is -0.190. The van der Waals surface area contributed by atoms with Crippen LogP contribution in [0.15, 0.2) is 30.6 Å². The van der Waals surface area contributed by atoms with E-state index >= 15 is 0 Å².